The van der Waals surface area contributed by atoms with Crippen molar-refractivity contribution in [3.8, 4) is 17.2 Å². The number of amides is 1. The number of rotatable bonds is 8. The van der Waals surface area contributed by atoms with Crippen LogP contribution in [-0.2, 0) is 4.79 Å². The van der Waals surface area contributed by atoms with Crippen LogP contribution in [0.5, 0.6) is 5.75 Å². The van der Waals surface area contributed by atoms with E-state index >= 15 is 0 Å². The normalized spacial score (nSPS) is 10.8. The standard InChI is InChI=1S/C16H21N3O3S/c1-4-14(20)17-9-10-21-13-7-5-12(6-8-13)15-18-19-16(22-15)23-11(2)3/h5-8,11H,4,9-10H2,1-3H3,(H,17,20). The number of ether oxygens (including phenoxy) is 1. The Hall–Kier alpha value is -2.02. The van der Waals surface area contributed by atoms with Crippen LogP contribution in [0.3, 0.4) is 0 Å². The second-order valence-corrected chi connectivity index (χ2v) is 6.64. The SMILES string of the molecule is CCC(=O)NCCOc1ccc(-c2nnc(SC(C)C)o2)cc1. The molecule has 0 aliphatic rings. The second kappa shape index (κ2) is 8.57. The van der Waals surface area contributed by atoms with Crippen molar-refractivity contribution in [3.05, 3.63) is 24.3 Å². The highest BCUT2D eigenvalue weighted by atomic mass is 32.2. The molecular weight excluding hydrogens is 314 g/mol. The van der Waals surface area contributed by atoms with Crippen molar-refractivity contribution >= 4 is 17.7 Å². The highest BCUT2D eigenvalue weighted by Crippen LogP contribution is 2.26. The summed E-state index contributed by atoms with van der Waals surface area (Å²) >= 11 is 1.54. The van der Waals surface area contributed by atoms with Crippen molar-refractivity contribution in [2.75, 3.05) is 13.2 Å². The molecule has 124 valence electrons. The van der Waals surface area contributed by atoms with Gasteiger partial charge in [0.2, 0.25) is 11.8 Å². The summed E-state index contributed by atoms with van der Waals surface area (Å²) in [6.45, 7) is 6.89. The number of hydrogen-bond acceptors (Lipinski definition) is 6. The van der Waals surface area contributed by atoms with Crippen LogP contribution in [0, 0.1) is 0 Å². The number of hydrogen-bond donors (Lipinski definition) is 1. The Morgan fingerprint density at radius 2 is 2.04 bits per heavy atom. The first-order chi connectivity index (χ1) is 11.1. The molecule has 1 heterocycles. The lowest BCUT2D eigenvalue weighted by molar-refractivity contribution is -0.120. The summed E-state index contributed by atoms with van der Waals surface area (Å²) in [5, 5.41) is 11.8. The number of nitrogens with zero attached hydrogens (tertiary/aromatic N) is 2. The van der Waals surface area contributed by atoms with E-state index in [2.05, 4.69) is 29.4 Å². The summed E-state index contributed by atoms with van der Waals surface area (Å²) in [5.74, 6) is 1.25. The molecule has 6 nitrogen and oxygen atoms in total. The number of nitrogens with one attached hydrogen (secondary N) is 1. The maximum absolute atomic E-state index is 11.1. The van der Waals surface area contributed by atoms with Crippen LogP contribution < -0.4 is 10.1 Å². The number of thioether (sulfide) groups is 1. The fourth-order valence-electron chi connectivity index (χ4n) is 1.75. The summed E-state index contributed by atoms with van der Waals surface area (Å²) in [7, 11) is 0. The maximum Gasteiger partial charge on any atom is 0.277 e. The molecule has 0 saturated carbocycles. The molecule has 0 spiro atoms. The molecule has 1 amide bonds. The van der Waals surface area contributed by atoms with Crippen LogP contribution in [0.15, 0.2) is 33.9 Å². The van der Waals surface area contributed by atoms with E-state index in [0.29, 0.717) is 35.9 Å². The first-order valence-corrected chi connectivity index (χ1v) is 8.46. The monoisotopic (exact) mass is 335 g/mol. The minimum atomic E-state index is 0.0235. The van der Waals surface area contributed by atoms with E-state index < -0.39 is 0 Å². The first kappa shape index (κ1) is 17.3. The number of benzene rings is 1. The zero-order valence-electron chi connectivity index (χ0n) is 13.5. The molecule has 1 N–H and O–H groups in total. The van der Waals surface area contributed by atoms with E-state index in [9.17, 15) is 4.79 Å². The number of carbonyl (C=O) groups excluding carboxylic acids is 1. The summed E-state index contributed by atoms with van der Waals surface area (Å²) in [6.07, 6.45) is 0.482. The highest BCUT2D eigenvalue weighted by Gasteiger charge is 2.10. The van der Waals surface area contributed by atoms with E-state index in [1.165, 1.54) is 11.8 Å². The molecule has 0 fully saturated rings. The lowest BCUT2D eigenvalue weighted by Crippen LogP contribution is -2.27. The predicted molar refractivity (Wildman–Crippen MR) is 89.5 cm³/mol. The van der Waals surface area contributed by atoms with Gasteiger partial charge in [0.25, 0.3) is 5.22 Å². The molecule has 0 bridgehead atoms. The molecule has 0 atom stereocenters. The fraction of sp³-hybridized carbons (Fsp3) is 0.438. The maximum atomic E-state index is 11.1. The second-order valence-electron chi connectivity index (χ2n) is 5.12. The number of aromatic nitrogens is 2. The van der Waals surface area contributed by atoms with Gasteiger partial charge in [0.1, 0.15) is 12.4 Å². The summed E-state index contributed by atoms with van der Waals surface area (Å²) in [5.41, 5.74) is 0.847. The summed E-state index contributed by atoms with van der Waals surface area (Å²) in [6, 6.07) is 7.43. The Labute approximate surface area is 140 Å². The van der Waals surface area contributed by atoms with Gasteiger partial charge < -0.3 is 14.5 Å². The molecule has 0 aliphatic carbocycles. The molecule has 0 saturated heterocycles. The molecule has 1 aromatic heterocycles. The van der Waals surface area contributed by atoms with Gasteiger partial charge in [0.15, 0.2) is 0 Å². The Morgan fingerprint density at radius 3 is 2.70 bits per heavy atom. The lowest BCUT2D eigenvalue weighted by Gasteiger charge is -2.07. The van der Waals surface area contributed by atoms with Gasteiger partial charge in [-0.25, -0.2) is 0 Å². The zero-order valence-corrected chi connectivity index (χ0v) is 14.4. The van der Waals surface area contributed by atoms with Crippen LogP contribution in [0.25, 0.3) is 11.5 Å². The van der Waals surface area contributed by atoms with E-state index in [1.54, 1.807) is 0 Å². The van der Waals surface area contributed by atoms with Crippen LogP contribution in [0.4, 0.5) is 0 Å². The minimum absolute atomic E-state index is 0.0235. The van der Waals surface area contributed by atoms with E-state index in [-0.39, 0.29) is 5.91 Å². The smallest absolute Gasteiger partial charge is 0.277 e. The van der Waals surface area contributed by atoms with Gasteiger partial charge in [0.05, 0.1) is 6.54 Å². The van der Waals surface area contributed by atoms with Gasteiger partial charge >= 0.3 is 0 Å². The third-order valence-corrected chi connectivity index (χ3v) is 3.70. The van der Waals surface area contributed by atoms with E-state index in [4.69, 9.17) is 9.15 Å². The van der Waals surface area contributed by atoms with Gasteiger partial charge in [-0.05, 0) is 24.3 Å². The minimum Gasteiger partial charge on any atom is -0.492 e. The van der Waals surface area contributed by atoms with Crippen LogP contribution in [0.2, 0.25) is 0 Å². The Balaban J connectivity index is 1.86. The molecule has 2 aromatic rings. The average molecular weight is 335 g/mol. The molecule has 1 aromatic carbocycles. The van der Waals surface area contributed by atoms with Crippen LogP contribution in [-0.4, -0.2) is 34.5 Å². The lowest BCUT2D eigenvalue weighted by atomic mass is 10.2. The Bertz CT molecular complexity index is 626. The molecular formula is C16H21N3O3S. The van der Waals surface area contributed by atoms with Crippen molar-refractivity contribution in [3.63, 3.8) is 0 Å². The van der Waals surface area contributed by atoms with Crippen molar-refractivity contribution in [2.24, 2.45) is 0 Å². The van der Waals surface area contributed by atoms with E-state index in [0.717, 1.165) is 11.3 Å². The Morgan fingerprint density at radius 1 is 1.30 bits per heavy atom. The third-order valence-electron chi connectivity index (χ3n) is 2.86. The van der Waals surface area contributed by atoms with Crippen LogP contribution in [0.1, 0.15) is 27.2 Å². The van der Waals surface area contributed by atoms with E-state index in [1.807, 2.05) is 31.2 Å². The Kier molecular flexibility index (Phi) is 6.46. The average Bonchev–Trinajstić information content (AvgIpc) is 2.99. The van der Waals surface area contributed by atoms with Gasteiger partial charge in [-0.3, -0.25) is 4.79 Å². The molecule has 0 aliphatic heterocycles. The first-order valence-electron chi connectivity index (χ1n) is 7.58. The van der Waals surface area contributed by atoms with Crippen LogP contribution >= 0.6 is 11.8 Å². The fourth-order valence-corrected chi connectivity index (χ4v) is 2.37. The van der Waals surface area contributed by atoms with Gasteiger partial charge in [-0.2, -0.15) is 0 Å². The van der Waals surface area contributed by atoms with Gasteiger partial charge in [-0.1, -0.05) is 32.5 Å². The molecule has 0 unspecified atom stereocenters. The zero-order chi connectivity index (χ0) is 16.7. The third kappa shape index (κ3) is 5.59. The highest BCUT2D eigenvalue weighted by molar-refractivity contribution is 7.99. The topological polar surface area (TPSA) is 77.2 Å². The predicted octanol–water partition coefficient (Wildman–Crippen LogP) is 3.14. The van der Waals surface area contributed by atoms with Gasteiger partial charge in [0, 0.05) is 17.2 Å². The molecule has 23 heavy (non-hydrogen) atoms. The molecule has 2 rings (SSSR count). The molecule has 0 radical (unpaired) electrons. The van der Waals surface area contributed by atoms with Crippen molar-refractivity contribution in [1.82, 2.24) is 15.5 Å². The summed E-state index contributed by atoms with van der Waals surface area (Å²) in [4.78, 5) is 11.1. The quantitative estimate of drug-likeness (QED) is 0.590. The van der Waals surface area contributed by atoms with Crippen molar-refractivity contribution < 1.29 is 13.9 Å². The van der Waals surface area contributed by atoms with Crippen molar-refractivity contribution in [2.45, 2.75) is 37.7 Å². The van der Waals surface area contributed by atoms with Gasteiger partial charge in [-0.15, -0.1) is 10.2 Å². The van der Waals surface area contributed by atoms with Crippen molar-refractivity contribution in [1.29, 1.82) is 0 Å². The molecule has 7 heteroatoms. The largest absolute Gasteiger partial charge is 0.492 e. The number of carbonyl (C=O) groups is 1. The summed E-state index contributed by atoms with van der Waals surface area (Å²) < 4.78 is 11.2.